The Labute approximate surface area is 96.8 Å². The highest BCUT2D eigenvalue weighted by Gasteiger charge is 2.17. The van der Waals surface area contributed by atoms with Crippen LogP contribution < -0.4 is 5.73 Å². The van der Waals surface area contributed by atoms with Crippen molar-refractivity contribution in [1.82, 2.24) is 0 Å². The molecule has 1 aromatic carbocycles. The fraction of sp³-hybridized carbons (Fsp3) is 0.429. The molecule has 2 nitrogen and oxygen atoms in total. The number of hydrogen-bond donors (Lipinski definition) is 2. The van der Waals surface area contributed by atoms with Crippen molar-refractivity contribution in [1.29, 1.82) is 0 Å². The third-order valence-electron chi connectivity index (χ3n) is 3.32. The van der Waals surface area contributed by atoms with E-state index in [1.807, 2.05) is 18.2 Å². The van der Waals surface area contributed by atoms with Gasteiger partial charge in [0, 0.05) is 12.1 Å². The number of fused-ring (bicyclic) bond motifs is 1. The van der Waals surface area contributed by atoms with Crippen molar-refractivity contribution in [3.8, 4) is 5.75 Å². The minimum absolute atomic E-state index is 0.392. The molecule has 16 heavy (non-hydrogen) atoms. The van der Waals surface area contributed by atoms with Crippen LogP contribution in [0, 0.1) is 6.92 Å². The number of phenols is 1. The number of hydrogen-bond acceptors (Lipinski definition) is 2. The van der Waals surface area contributed by atoms with Crippen LogP contribution in [0.2, 0.25) is 0 Å². The molecule has 3 N–H and O–H groups in total. The second-order valence-corrected chi connectivity index (χ2v) is 4.43. The largest absolute Gasteiger partial charge is 0.507 e. The fourth-order valence-electron chi connectivity index (χ4n) is 2.53. The Morgan fingerprint density at radius 2 is 2.00 bits per heavy atom. The zero-order chi connectivity index (χ0) is 11.5. The molecule has 0 bridgehead atoms. The van der Waals surface area contributed by atoms with E-state index in [9.17, 15) is 5.11 Å². The standard InChI is InChI=1S/C14H19NO/c1-10-9-14(16)13(7-4-8-15)12-6-3-2-5-11(10)12/h4,7,9,16H,2-3,5-6,8,15H2,1H3/b7-4+. The van der Waals surface area contributed by atoms with E-state index >= 15 is 0 Å². The van der Waals surface area contributed by atoms with Crippen LogP contribution >= 0.6 is 0 Å². The molecular formula is C14H19NO. The minimum Gasteiger partial charge on any atom is -0.507 e. The van der Waals surface area contributed by atoms with Crippen molar-refractivity contribution in [2.75, 3.05) is 6.54 Å². The van der Waals surface area contributed by atoms with Gasteiger partial charge < -0.3 is 10.8 Å². The van der Waals surface area contributed by atoms with Gasteiger partial charge in [0.1, 0.15) is 5.75 Å². The Balaban J connectivity index is 2.54. The van der Waals surface area contributed by atoms with Gasteiger partial charge in [0.2, 0.25) is 0 Å². The van der Waals surface area contributed by atoms with Crippen molar-refractivity contribution < 1.29 is 5.11 Å². The molecule has 0 amide bonds. The summed E-state index contributed by atoms with van der Waals surface area (Å²) in [6, 6.07) is 1.88. The molecule has 1 aromatic rings. The quantitative estimate of drug-likeness (QED) is 0.799. The summed E-state index contributed by atoms with van der Waals surface area (Å²) in [5.41, 5.74) is 10.4. The second kappa shape index (κ2) is 4.71. The van der Waals surface area contributed by atoms with Crippen LogP contribution in [0.4, 0.5) is 0 Å². The lowest BCUT2D eigenvalue weighted by Crippen LogP contribution is -2.07. The van der Waals surface area contributed by atoms with Gasteiger partial charge in [-0.15, -0.1) is 0 Å². The number of aromatic hydroxyl groups is 1. The van der Waals surface area contributed by atoms with Gasteiger partial charge in [-0.25, -0.2) is 0 Å². The highest BCUT2D eigenvalue weighted by Crippen LogP contribution is 2.33. The summed E-state index contributed by atoms with van der Waals surface area (Å²) in [5.74, 6) is 0.392. The molecule has 86 valence electrons. The van der Waals surface area contributed by atoms with Crippen molar-refractivity contribution in [2.24, 2.45) is 5.73 Å². The predicted molar refractivity (Wildman–Crippen MR) is 67.6 cm³/mol. The maximum Gasteiger partial charge on any atom is 0.123 e. The van der Waals surface area contributed by atoms with Gasteiger partial charge in [-0.1, -0.05) is 12.2 Å². The van der Waals surface area contributed by atoms with E-state index < -0.39 is 0 Å². The monoisotopic (exact) mass is 217 g/mol. The third-order valence-corrected chi connectivity index (χ3v) is 3.32. The summed E-state index contributed by atoms with van der Waals surface area (Å²) in [7, 11) is 0. The zero-order valence-corrected chi connectivity index (χ0v) is 9.79. The maximum absolute atomic E-state index is 9.98. The Bertz CT molecular complexity index is 421. The smallest absolute Gasteiger partial charge is 0.123 e. The summed E-state index contributed by atoms with van der Waals surface area (Å²) in [4.78, 5) is 0. The molecule has 0 radical (unpaired) electrons. The Morgan fingerprint density at radius 3 is 2.69 bits per heavy atom. The molecule has 1 aliphatic rings. The summed E-state index contributed by atoms with van der Waals surface area (Å²) in [6.45, 7) is 2.60. The average Bonchev–Trinajstić information content (AvgIpc) is 2.29. The topological polar surface area (TPSA) is 46.2 Å². The number of benzene rings is 1. The Morgan fingerprint density at radius 1 is 1.31 bits per heavy atom. The van der Waals surface area contributed by atoms with Gasteiger partial charge in [0.25, 0.3) is 0 Å². The van der Waals surface area contributed by atoms with Gasteiger partial charge in [-0.05, 0) is 55.4 Å². The molecule has 0 fully saturated rings. The van der Waals surface area contributed by atoms with Crippen LogP contribution in [0.25, 0.3) is 6.08 Å². The first-order valence-electron chi connectivity index (χ1n) is 5.95. The molecule has 2 rings (SSSR count). The van der Waals surface area contributed by atoms with E-state index in [2.05, 4.69) is 6.92 Å². The third kappa shape index (κ3) is 1.98. The normalized spacial score (nSPS) is 15.4. The Hall–Kier alpha value is -1.28. The first-order valence-corrected chi connectivity index (χ1v) is 5.95. The van der Waals surface area contributed by atoms with Crippen LogP contribution in [-0.2, 0) is 12.8 Å². The van der Waals surface area contributed by atoms with E-state index in [4.69, 9.17) is 5.73 Å². The van der Waals surface area contributed by atoms with E-state index in [1.165, 1.54) is 29.5 Å². The van der Waals surface area contributed by atoms with Crippen molar-refractivity contribution in [3.63, 3.8) is 0 Å². The number of phenolic OH excluding ortho intramolecular Hbond substituents is 1. The second-order valence-electron chi connectivity index (χ2n) is 4.43. The zero-order valence-electron chi connectivity index (χ0n) is 9.79. The van der Waals surface area contributed by atoms with E-state index in [-0.39, 0.29) is 0 Å². The summed E-state index contributed by atoms with van der Waals surface area (Å²) in [6.07, 6.45) is 8.57. The first kappa shape index (κ1) is 11.2. The molecule has 0 aromatic heterocycles. The first-order chi connectivity index (χ1) is 7.74. The molecule has 0 spiro atoms. The summed E-state index contributed by atoms with van der Waals surface area (Å²) >= 11 is 0. The fourth-order valence-corrected chi connectivity index (χ4v) is 2.53. The molecule has 0 aliphatic heterocycles. The molecule has 0 heterocycles. The lowest BCUT2D eigenvalue weighted by atomic mass is 9.85. The lowest BCUT2D eigenvalue weighted by Gasteiger charge is -2.21. The van der Waals surface area contributed by atoms with Crippen molar-refractivity contribution in [2.45, 2.75) is 32.6 Å². The highest BCUT2D eigenvalue weighted by atomic mass is 16.3. The van der Waals surface area contributed by atoms with Crippen LogP contribution in [0.3, 0.4) is 0 Å². The Kier molecular flexibility index (Phi) is 3.30. The van der Waals surface area contributed by atoms with Crippen LogP contribution in [0.1, 0.15) is 35.1 Å². The number of aryl methyl sites for hydroxylation is 1. The molecular weight excluding hydrogens is 198 g/mol. The van der Waals surface area contributed by atoms with Crippen LogP contribution in [0.15, 0.2) is 12.1 Å². The van der Waals surface area contributed by atoms with Crippen LogP contribution in [-0.4, -0.2) is 11.7 Å². The minimum atomic E-state index is 0.392. The highest BCUT2D eigenvalue weighted by molar-refractivity contribution is 5.65. The molecule has 0 unspecified atom stereocenters. The summed E-state index contributed by atoms with van der Waals surface area (Å²) < 4.78 is 0. The van der Waals surface area contributed by atoms with Gasteiger partial charge in [-0.3, -0.25) is 0 Å². The van der Waals surface area contributed by atoms with Gasteiger partial charge in [0.15, 0.2) is 0 Å². The molecule has 2 heteroatoms. The van der Waals surface area contributed by atoms with Crippen LogP contribution in [0.5, 0.6) is 5.75 Å². The van der Waals surface area contributed by atoms with Gasteiger partial charge >= 0.3 is 0 Å². The van der Waals surface area contributed by atoms with E-state index in [1.54, 1.807) is 0 Å². The predicted octanol–water partition coefficient (Wildman–Crippen LogP) is 2.55. The molecule has 0 saturated carbocycles. The SMILES string of the molecule is Cc1cc(O)c(/C=C/CN)c2c1CCCC2. The molecule has 1 aliphatic carbocycles. The van der Waals surface area contributed by atoms with Crippen molar-refractivity contribution in [3.05, 3.63) is 34.4 Å². The maximum atomic E-state index is 9.98. The van der Waals surface area contributed by atoms with E-state index in [0.29, 0.717) is 12.3 Å². The molecule has 0 atom stereocenters. The number of nitrogens with two attached hydrogens (primary N) is 1. The number of rotatable bonds is 2. The average molecular weight is 217 g/mol. The van der Waals surface area contributed by atoms with Gasteiger partial charge in [-0.2, -0.15) is 0 Å². The lowest BCUT2D eigenvalue weighted by molar-refractivity contribution is 0.471. The van der Waals surface area contributed by atoms with Crippen molar-refractivity contribution >= 4 is 6.08 Å². The van der Waals surface area contributed by atoms with Gasteiger partial charge in [0.05, 0.1) is 0 Å². The molecule has 0 saturated heterocycles. The summed E-state index contributed by atoms with van der Waals surface area (Å²) in [5, 5.41) is 9.98. The van der Waals surface area contributed by atoms with E-state index in [0.717, 1.165) is 18.4 Å².